The van der Waals surface area contributed by atoms with E-state index in [-0.39, 0.29) is 11.9 Å². The molecule has 0 saturated carbocycles. The zero-order valence-electron chi connectivity index (χ0n) is 18.9. The first-order valence-electron chi connectivity index (χ1n) is 10.5. The van der Waals surface area contributed by atoms with Crippen molar-refractivity contribution in [2.75, 3.05) is 26.7 Å². The van der Waals surface area contributed by atoms with E-state index >= 15 is 0 Å². The van der Waals surface area contributed by atoms with Crippen molar-refractivity contribution in [3.63, 3.8) is 0 Å². The molecular weight excluding hydrogens is 382 g/mol. The lowest BCUT2D eigenvalue weighted by atomic mass is 10.1. The first-order valence-corrected chi connectivity index (χ1v) is 10.5. The molecule has 30 heavy (non-hydrogen) atoms. The van der Waals surface area contributed by atoms with Crippen molar-refractivity contribution in [2.45, 2.75) is 58.6 Å². The van der Waals surface area contributed by atoms with Crippen LogP contribution in [0.15, 0.2) is 35.3 Å². The van der Waals surface area contributed by atoms with Gasteiger partial charge in [-0.15, -0.1) is 0 Å². The number of unbranched alkanes of at least 4 members (excludes halogenated alkanes) is 1. The standard InChI is InChI=1S/C22H37N5O3/c1-6-7-13-18(16-26-21(29)30-22(2,3)4)27-20(23-5)25-15-14-24-19(28)17-11-9-8-10-12-17/h8-12,18H,6-7,13-16H2,1-5H3,(H,24,28)(H,26,29)(H2,23,25,27). The number of guanidine groups is 1. The topological polar surface area (TPSA) is 104 Å². The number of ether oxygens (including phenoxy) is 1. The highest BCUT2D eigenvalue weighted by Gasteiger charge is 2.18. The largest absolute Gasteiger partial charge is 0.444 e. The third-order valence-corrected chi connectivity index (χ3v) is 4.10. The number of amides is 2. The van der Waals surface area contributed by atoms with E-state index in [9.17, 15) is 9.59 Å². The number of hydrogen-bond donors (Lipinski definition) is 4. The summed E-state index contributed by atoms with van der Waals surface area (Å²) in [5.41, 5.74) is 0.103. The molecule has 0 aromatic heterocycles. The molecule has 0 aliphatic carbocycles. The van der Waals surface area contributed by atoms with Crippen molar-refractivity contribution < 1.29 is 14.3 Å². The number of nitrogens with zero attached hydrogens (tertiary/aromatic N) is 1. The van der Waals surface area contributed by atoms with E-state index in [1.165, 1.54) is 0 Å². The number of hydrogen-bond acceptors (Lipinski definition) is 4. The predicted octanol–water partition coefficient (Wildman–Crippen LogP) is 2.66. The van der Waals surface area contributed by atoms with Gasteiger partial charge in [-0.25, -0.2) is 4.79 Å². The van der Waals surface area contributed by atoms with Crippen molar-refractivity contribution >= 4 is 18.0 Å². The monoisotopic (exact) mass is 419 g/mol. The fourth-order valence-corrected chi connectivity index (χ4v) is 2.63. The molecule has 0 aliphatic rings. The SMILES string of the molecule is CCCCC(CNC(=O)OC(C)(C)C)NC(=NC)NCCNC(=O)c1ccccc1. The van der Waals surface area contributed by atoms with Crippen LogP contribution in [0.3, 0.4) is 0 Å². The van der Waals surface area contributed by atoms with Crippen LogP contribution in [0.5, 0.6) is 0 Å². The van der Waals surface area contributed by atoms with Gasteiger partial charge in [0, 0.05) is 38.3 Å². The van der Waals surface area contributed by atoms with E-state index in [1.807, 2.05) is 39.0 Å². The minimum atomic E-state index is -0.530. The quantitative estimate of drug-likeness (QED) is 0.265. The second-order valence-electron chi connectivity index (χ2n) is 7.99. The van der Waals surface area contributed by atoms with Crippen LogP contribution in [0.1, 0.15) is 57.3 Å². The van der Waals surface area contributed by atoms with Crippen LogP contribution in [0.2, 0.25) is 0 Å². The molecule has 0 fully saturated rings. The highest BCUT2D eigenvalue weighted by Crippen LogP contribution is 2.07. The van der Waals surface area contributed by atoms with Gasteiger partial charge < -0.3 is 26.0 Å². The molecule has 0 radical (unpaired) electrons. The van der Waals surface area contributed by atoms with Gasteiger partial charge in [-0.05, 0) is 39.3 Å². The highest BCUT2D eigenvalue weighted by atomic mass is 16.6. The Morgan fingerprint density at radius 1 is 1.07 bits per heavy atom. The molecule has 0 aliphatic heterocycles. The number of nitrogens with one attached hydrogen (secondary N) is 4. The van der Waals surface area contributed by atoms with Gasteiger partial charge in [-0.1, -0.05) is 38.0 Å². The molecule has 0 heterocycles. The number of aliphatic imine (C=N–C) groups is 1. The second kappa shape index (κ2) is 13.5. The molecule has 1 unspecified atom stereocenters. The van der Waals surface area contributed by atoms with Gasteiger partial charge in [0.2, 0.25) is 0 Å². The fraction of sp³-hybridized carbons (Fsp3) is 0.591. The molecule has 1 aromatic rings. The molecule has 2 amide bonds. The predicted molar refractivity (Wildman–Crippen MR) is 121 cm³/mol. The lowest BCUT2D eigenvalue weighted by Crippen LogP contribution is -2.50. The third-order valence-electron chi connectivity index (χ3n) is 4.10. The zero-order valence-corrected chi connectivity index (χ0v) is 18.9. The zero-order chi connectivity index (χ0) is 22.4. The number of carbonyl (C=O) groups excluding carboxylic acids is 2. The van der Waals surface area contributed by atoms with E-state index < -0.39 is 11.7 Å². The Bertz CT molecular complexity index is 671. The van der Waals surface area contributed by atoms with Crippen molar-refractivity contribution in [1.82, 2.24) is 21.3 Å². The summed E-state index contributed by atoms with van der Waals surface area (Å²) >= 11 is 0. The second-order valence-corrected chi connectivity index (χ2v) is 7.99. The summed E-state index contributed by atoms with van der Waals surface area (Å²) in [7, 11) is 1.69. The average Bonchev–Trinajstić information content (AvgIpc) is 2.71. The Morgan fingerprint density at radius 3 is 2.33 bits per heavy atom. The summed E-state index contributed by atoms with van der Waals surface area (Å²) in [6.07, 6.45) is 2.54. The summed E-state index contributed by atoms with van der Waals surface area (Å²) in [5.74, 6) is 0.513. The summed E-state index contributed by atoms with van der Waals surface area (Å²) in [6, 6.07) is 9.11. The van der Waals surface area contributed by atoms with Crippen LogP contribution in [-0.2, 0) is 4.74 Å². The van der Waals surface area contributed by atoms with E-state index in [0.717, 1.165) is 19.3 Å². The van der Waals surface area contributed by atoms with Crippen LogP contribution in [0.4, 0.5) is 4.79 Å². The summed E-state index contributed by atoms with van der Waals surface area (Å²) in [5, 5.41) is 12.2. The van der Waals surface area contributed by atoms with Gasteiger partial charge >= 0.3 is 6.09 Å². The van der Waals surface area contributed by atoms with Crippen molar-refractivity contribution in [1.29, 1.82) is 0 Å². The molecular formula is C22H37N5O3. The fourth-order valence-electron chi connectivity index (χ4n) is 2.63. The summed E-state index contributed by atoms with van der Waals surface area (Å²) in [6.45, 7) is 9.05. The lowest BCUT2D eigenvalue weighted by molar-refractivity contribution is 0.0522. The lowest BCUT2D eigenvalue weighted by Gasteiger charge is -2.24. The molecule has 8 heteroatoms. The van der Waals surface area contributed by atoms with E-state index in [2.05, 4.69) is 33.2 Å². The molecule has 0 saturated heterocycles. The molecule has 4 N–H and O–H groups in total. The summed E-state index contributed by atoms with van der Waals surface area (Å²) in [4.78, 5) is 28.2. The van der Waals surface area contributed by atoms with E-state index in [0.29, 0.717) is 31.2 Å². The maximum absolute atomic E-state index is 12.1. The van der Waals surface area contributed by atoms with Crippen LogP contribution in [0.25, 0.3) is 0 Å². The first kappa shape index (κ1) is 25.3. The molecule has 0 spiro atoms. The smallest absolute Gasteiger partial charge is 0.407 e. The van der Waals surface area contributed by atoms with E-state index in [4.69, 9.17) is 4.74 Å². The maximum atomic E-state index is 12.1. The normalized spacial score (nSPS) is 12.6. The first-order chi connectivity index (χ1) is 14.2. The number of alkyl carbamates (subject to hydrolysis) is 1. The minimum Gasteiger partial charge on any atom is -0.444 e. The Balaban J connectivity index is 2.43. The number of carbonyl (C=O) groups is 2. The van der Waals surface area contributed by atoms with Crippen LogP contribution < -0.4 is 21.3 Å². The molecule has 0 bridgehead atoms. The molecule has 1 aromatic carbocycles. The van der Waals surface area contributed by atoms with Crippen LogP contribution in [0, 0.1) is 0 Å². The molecule has 8 nitrogen and oxygen atoms in total. The Morgan fingerprint density at radius 2 is 1.73 bits per heavy atom. The molecule has 168 valence electrons. The number of rotatable bonds is 10. The van der Waals surface area contributed by atoms with Crippen molar-refractivity contribution in [2.24, 2.45) is 4.99 Å². The number of benzene rings is 1. The Labute approximate surface area is 180 Å². The van der Waals surface area contributed by atoms with Crippen molar-refractivity contribution in [3.05, 3.63) is 35.9 Å². The Hall–Kier alpha value is -2.77. The maximum Gasteiger partial charge on any atom is 0.407 e. The van der Waals surface area contributed by atoms with Gasteiger partial charge in [0.25, 0.3) is 5.91 Å². The van der Waals surface area contributed by atoms with Gasteiger partial charge in [0.15, 0.2) is 5.96 Å². The Kier molecular flexibility index (Phi) is 11.3. The highest BCUT2D eigenvalue weighted by molar-refractivity contribution is 5.94. The van der Waals surface area contributed by atoms with Crippen LogP contribution in [-0.4, -0.2) is 56.3 Å². The van der Waals surface area contributed by atoms with Crippen LogP contribution >= 0.6 is 0 Å². The van der Waals surface area contributed by atoms with E-state index in [1.54, 1.807) is 19.2 Å². The van der Waals surface area contributed by atoms with Gasteiger partial charge in [0.05, 0.1) is 0 Å². The van der Waals surface area contributed by atoms with Gasteiger partial charge in [0.1, 0.15) is 5.60 Å². The van der Waals surface area contributed by atoms with Gasteiger partial charge in [-0.2, -0.15) is 0 Å². The van der Waals surface area contributed by atoms with Crippen molar-refractivity contribution in [3.8, 4) is 0 Å². The molecule has 1 rings (SSSR count). The average molecular weight is 420 g/mol. The minimum absolute atomic E-state index is 0.0163. The third kappa shape index (κ3) is 11.3. The van der Waals surface area contributed by atoms with Gasteiger partial charge in [-0.3, -0.25) is 9.79 Å². The summed E-state index contributed by atoms with van der Waals surface area (Å²) < 4.78 is 5.30. The molecule has 1 atom stereocenters.